The highest BCUT2D eigenvalue weighted by Crippen LogP contribution is 2.44. The van der Waals surface area contributed by atoms with E-state index >= 15 is 0 Å². The number of amides is 4. The topological polar surface area (TPSA) is 95.6 Å². The molecule has 29 heavy (non-hydrogen) atoms. The van der Waals surface area contributed by atoms with Crippen molar-refractivity contribution in [1.82, 2.24) is 4.90 Å². The van der Waals surface area contributed by atoms with Gasteiger partial charge in [-0.15, -0.1) is 0 Å². The van der Waals surface area contributed by atoms with Crippen molar-refractivity contribution < 1.29 is 19.2 Å². The highest BCUT2D eigenvalue weighted by atomic mass is 35.5. The van der Waals surface area contributed by atoms with Crippen LogP contribution in [0.5, 0.6) is 0 Å². The molecule has 4 amide bonds. The van der Waals surface area contributed by atoms with Crippen LogP contribution in [0.2, 0.25) is 20.1 Å². The molecule has 1 aliphatic heterocycles. The Kier molecular flexibility index (Phi) is 6.05. The van der Waals surface area contributed by atoms with E-state index in [4.69, 9.17) is 46.4 Å². The van der Waals surface area contributed by atoms with Gasteiger partial charge < -0.3 is 10.6 Å². The van der Waals surface area contributed by atoms with Crippen LogP contribution in [0, 0.1) is 0 Å². The number of benzene rings is 2. The van der Waals surface area contributed by atoms with Gasteiger partial charge in [0, 0.05) is 18.3 Å². The number of anilines is 2. The third-order valence-corrected chi connectivity index (χ3v) is 5.76. The highest BCUT2D eigenvalue weighted by molar-refractivity contribution is 6.55. The van der Waals surface area contributed by atoms with E-state index in [9.17, 15) is 19.2 Å². The second kappa shape index (κ2) is 8.20. The Morgan fingerprint density at radius 3 is 1.83 bits per heavy atom. The van der Waals surface area contributed by atoms with E-state index in [0.717, 1.165) is 0 Å². The zero-order chi connectivity index (χ0) is 21.5. The lowest BCUT2D eigenvalue weighted by Crippen LogP contribution is -2.37. The molecule has 1 heterocycles. The number of imide groups is 1. The maximum Gasteiger partial charge on any atom is 0.263 e. The van der Waals surface area contributed by atoms with Gasteiger partial charge in [-0.1, -0.05) is 52.5 Å². The van der Waals surface area contributed by atoms with Crippen LogP contribution in [0.1, 0.15) is 27.6 Å². The molecule has 150 valence electrons. The van der Waals surface area contributed by atoms with Crippen molar-refractivity contribution >= 4 is 81.4 Å². The summed E-state index contributed by atoms with van der Waals surface area (Å²) in [6.07, 6.45) is 0. The van der Waals surface area contributed by atoms with E-state index in [1.54, 1.807) is 18.2 Å². The second-order valence-electron chi connectivity index (χ2n) is 6.01. The SMILES string of the molecule is CC(=O)Nc1cccc(NC(=O)CN2C(=O)c3c(Cl)c(Cl)c(Cl)c(Cl)c3C2=O)c1. The van der Waals surface area contributed by atoms with Gasteiger partial charge in [0.1, 0.15) is 6.54 Å². The first-order valence-corrected chi connectivity index (χ1v) is 9.52. The number of nitrogens with zero attached hydrogens (tertiary/aromatic N) is 1. The molecule has 0 radical (unpaired) electrons. The number of halogens is 4. The molecule has 0 unspecified atom stereocenters. The molecule has 3 rings (SSSR count). The Bertz CT molecular complexity index is 1040. The van der Waals surface area contributed by atoms with Gasteiger partial charge in [0.2, 0.25) is 11.8 Å². The monoisotopic (exact) mass is 473 g/mol. The van der Waals surface area contributed by atoms with E-state index in [-0.39, 0.29) is 37.1 Å². The van der Waals surface area contributed by atoms with E-state index in [0.29, 0.717) is 16.3 Å². The molecule has 2 aromatic carbocycles. The first-order valence-electron chi connectivity index (χ1n) is 8.01. The van der Waals surface area contributed by atoms with Gasteiger partial charge >= 0.3 is 0 Å². The van der Waals surface area contributed by atoms with Crippen molar-refractivity contribution in [3.63, 3.8) is 0 Å². The van der Waals surface area contributed by atoms with Crippen molar-refractivity contribution in [3.8, 4) is 0 Å². The molecule has 0 saturated carbocycles. The molecule has 0 aliphatic carbocycles. The van der Waals surface area contributed by atoms with E-state index < -0.39 is 24.3 Å². The Morgan fingerprint density at radius 1 is 0.862 bits per heavy atom. The fourth-order valence-corrected chi connectivity index (χ4v) is 3.78. The van der Waals surface area contributed by atoms with Crippen LogP contribution in [0.15, 0.2) is 24.3 Å². The minimum absolute atomic E-state index is 0.153. The Morgan fingerprint density at radius 2 is 1.34 bits per heavy atom. The van der Waals surface area contributed by atoms with E-state index in [1.165, 1.54) is 13.0 Å². The summed E-state index contributed by atoms with van der Waals surface area (Å²) in [5.74, 6) is -2.54. The summed E-state index contributed by atoms with van der Waals surface area (Å²) in [6.45, 7) is 0.765. The molecule has 11 heteroatoms. The first kappa shape index (κ1) is 21.4. The molecule has 2 N–H and O–H groups in total. The molecule has 7 nitrogen and oxygen atoms in total. The zero-order valence-corrected chi connectivity index (χ0v) is 17.6. The van der Waals surface area contributed by atoms with Gasteiger partial charge in [-0.05, 0) is 18.2 Å². The standard InChI is InChI=1S/C18H11Cl4N3O4/c1-7(26)23-8-3-2-4-9(5-8)24-10(27)6-25-17(28)11-12(18(25)29)14(20)16(22)15(21)13(11)19/h2-5H,6H2,1H3,(H,23,26)(H,24,27). The molecular formula is C18H11Cl4N3O4. The average molecular weight is 475 g/mol. The van der Waals surface area contributed by atoms with Gasteiger partial charge in [-0.3, -0.25) is 24.1 Å². The van der Waals surface area contributed by atoms with Gasteiger partial charge in [0.15, 0.2) is 0 Å². The summed E-state index contributed by atoms with van der Waals surface area (Å²) in [6, 6.07) is 6.36. The third kappa shape index (κ3) is 4.04. The number of hydrogen-bond donors (Lipinski definition) is 2. The minimum Gasteiger partial charge on any atom is -0.326 e. The molecule has 2 aromatic rings. The average Bonchev–Trinajstić information content (AvgIpc) is 2.89. The summed E-state index contributed by atoms with van der Waals surface area (Å²) >= 11 is 24.0. The summed E-state index contributed by atoms with van der Waals surface area (Å²) in [5, 5.41) is 4.40. The molecule has 0 spiro atoms. The number of hydrogen-bond acceptors (Lipinski definition) is 4. The van der Waals surface area contributed by atoms with Crippen LogP contribution >= 0.6 is 46.4 Å². The zero-order valence-electron chi connectivity index (χ0n) is 14.6. The molecule has 0 fully saturated rings. The Labute approximate surface area is 184 Å². The van der Waals surface area contributed by atoms with Crippen molar-refractivity contribution in [2.75, 3.05) is 17.2 Å². The minimum atomic E-state index is -0.808. The van der Waals surface area contributed by atoms with Crippen molar-refractivity contribution in [2.45, 2.75) is 6.92 Å². The Hall–Kier alpha value is -2.32. The quantitative estimate of drug-likeness (QED) is 0.387. The fraction of sp³-hybridized carbons (Fsp3) is 0.111. The lowest BCUT2D eigenvalue weighted by atomic mass is 10.1. The van der Waals surface area contributed by atoms with Crippen LogP contribution in [0.3, 0.4) is 0 Å². The maximum atomic E-state index is 12.6. The lowest BCUT2D eigenvalue weighted by molar-refractivity contribution is -0.116. The van der Waals surface area contributed by atoms with Gasteiger partial charge in [0.25, 0.3) is 11.8 Å². The fourth-order valence-electron chi connectivity index (χ4n) is 2.76. The summed E-state index contributed by atoms with van der Waals surface area (Å²) in [4.78, 5) is 49.5. The summed E-state index contributed by atoms with van der Waals surface area (Å²) in [7, 11) is 0. The van der Waals surface area contributed by atoms with Crippen LogP contribution in [-0.2, 0) is 9.59 Å². The molecule has 0 bridgehead atoms. The van der Waals surface area contributed by atoms with Crippen LogP contribution in [0.4, 0.5) is 11.4 Å². The number of fused-ring (bicyclic) bond motifs is 1. The maximum absolute atomic E-state index is 12.6. The van der Waals surface area contributed by atoms with Crippen LogP contribution in [-0.4, -0.2) is 35.1 Å². The largest absolute Gasteiger partial charge is 0.326 e. The van der Waals surface area contributed by atoms with Crippen molar-refractivity contribution in [3.05, 3.63) is 55.5 Å². The lowest BCUT2D eigenvalue weighted by Gasteiger charge is -2.14. The third-order valence-electron chi connectivity index (χ3n) is 3.95. The first-order chi connectivity index (χ1) is 13.6. The Balaban J connectivity index is 1.81. The van der Waals surface area contributed by atoms with Crippen LogP contribution in [0.25, 0.3) is 0 Å². The van der Waals surface area contributed by atoms with Gasteiger partial charge in [-0.25, -0.2) is 0 Å². The normalized spacial score (nSPS) is 12.8. The predicted molar refractivity (Wildman–Crippen MR) is 111 cm³/mol. The summed E-state index contributed by atoms with van der Waals surface area (Å²) < 4.78 is 0. The van der Waals surface area contributed by atoms with E-state index in [1.807, 2.05) is 0 Å². The number of carbonyl (C=O) groups is 4. The van der Waals surface area contributed by atoms with Crippen molar-refractivity contribution in [2.24, 2.45) is 0 Å². The van der Waals surface area contributed by atoms with Gasteiger partial charge in [0.05, 0.1) is 31.2 Å². The molecule has 1 aliphatic rings. The number of carbonyl (C=O) groups excluding carboxylic acids is 4. The molecular weight excluding hydrogens is 464 g/mol. The molecule has 0 aromatic heterocycles. The number of nitrogens with one attached hydrogen (secondary N) is 2. The molecule has 0 saturated heterocycles. The molecule has 0 atom stereocenters. The van der Waals surface area contributed by atoms with Gasteiger partial charge in [-0.2, -0.15) is 0 Å². The van der Waals surface area contributed by atoms with E-state index in [2.05, 4.69) is 10.6 Å². The summed E-state index contributed by atoms with van der Waals surface area (Å²) in [5.41, 5.74) is 0.437. The van der Waals surface area contributed by atoms with Crippen LogP contribution < -0.4 is 10.6 Å². The van der Waals surface area contributed by atoms with Crippen molar-refractivity contribution in [1.29, 1.82) is 0 Å². The predicted octanol–water partition coefficient (Wildman–Crippen LogP) is 4.49. The number of rotatable bonds is 4. The highest BCUT2D eigenvalue weighted by Gasteiger charge is 2.42. The smallest absolute Gasteiger partial charge is 0.263 e. The second-order valence-corrected chi connectivity index (χ2v) is 7.52.